The predicted molar refractivity (Wildman–Crippen MR) is 134 cm³/mol. The van der Waals surface area contributed by atoms with Crippen LogP contribution in [0.5, 0.6) is 0 Å². The number of benzene rings is 3. The van der Waals surface area contributed by atoms with Crippen molar-refractivity contribution in [2.75, 3.05) is 22.4 Å². The van der Waals surface area contributed by atoms with E-state index in [4.69, 9.17) is 0 Å². The molecule has 0 aliphatic carbocycles. The Balaban J connectivity index is 1.77. The molecule has 0 saturated heterocycles. The lowest BCUT2D eigenvalue weighted by molar-refractivity contribution is -0.114. The lowest BCUT2D eigenvalue weighted by Gasteiger charge is -2.23. The topological polar surface area (TPSA) is 95.6 Å². The minimum absolute atomic E-state index is 0.237. The van der Waals surface area contributed by atoms with Gasteiger partial charge in [0, 0.05) is 4.47 Å². The van der Waals surface area contributed by atoms with Gasteiger partial charge in [0.15, 0.2) is 0 Å². The van der Waals surface area contributed by atoms with E-state index >= 15 is 0 Å². The summed E-state index contributed by atoms with van der Waals surface area (Å²) in [5, 5.41) is 5.60. The van der Waals surface area contributed by atoms with Crippen LogP contribution in [-0.4, -0.2) is 33.0 Å². The molecule has 172 valence electrons. The van der Waals surface area contributed by atoms with E-state index in [9.17, 15) is 18.0 Å². The summed E-state index contributed by atoms with van der Waals surface area (Å²) in [5.74, 6) is -0.930. The van der Waals surface area contributed by atoms with Crippen molar-refractivity contribution in [2.45, 2.75) is 13.0 Å². The summed E-state index contributed by atoms with van der Waals surface area (Å²) in [6.45, 7) is 1.42. The van der Waals surface area contributed by atoms with Gasteiger partial charge in [-0.2, -0.15) is 0 Å². The first kappa shape index (κ1) is 24.5. The zero-order valence-corrected chi connectivity index (χ0v) is 20.6. The van der Waals surface area contributed by atoms with Gasteiger partial charge in [-0.25, -0.2) is 8.42 Å². The lowest BCUT2D eigenvalue weighted by Crippen LogP contribution is -2.38. The molecule has 0 aromatic heterocycles. The number of halogens is 1. The van der Waals surface area contributed by atoms with E-state index in [1.165, 1.54) is 0 Å². The summed E-state index contributed by atoms with van der Waals surface area (Å²) in [6.07, 6.45) is 1.03. The van der Waals surface area contributed by atoms with Gasteiger partial charge in [-0.1, -0.05) is 54.6 Å². The van der Waals surface area contributed by atoms with E-state index in [1.807, 2.05) is 37.3 Å². The molecule has 0 heterocycles. The molecule has 0 unspecified atom stereocenters. The second kappa shape index (κ2) is 10.6. The SMILES string of the molecule is C[C@H](NC(=O)c1ccccc1NC(=O)CN(c1ccccc1Br)S(C)(=O)=O)c1ccccc1. The molecule has 3 aromatic carbocycles. The van der Waals surface area contributed by atoms with Crippen molar-refractivity contribution in [1.29, 1.82) is 0 Å². The fourth-order valence-corrected chi connectivity index (χ4v) is 4.73. The fraction of sp³-hybridized carbons (Fsp3) is 0.167. The maximum atomic E-state index is 12.9. The largest absolute Gasteiger partial charge is 0.345 e. The maximum Gasteiger partial charge on any atom is 0.253 e. The smallest absolute Gasteiger partial charge is 0.253 e. The summed E-state index contributed by atoms with van der Waals surface area (Å²) in [5.41, 5.74) is 1.86. The van der Waals surface area contributed by atoms with Gasteiger partial charge >= 0.3 is 0 Å². The molecule has 3 aromatic rings. The van der Waals surface area contributed by atoms with Crippen LogP contribution >= 0.6 is 15.9 Å². The van der Waals surface area contributed by atoms with E-state index in [-0.39, 0.29) is 17.5 Å². The number of nitrogens with one attached hydrogen (secondary N) is 2. The van der Waals surface area contributed by atoms with Crippen molar-refractivity contribution in [3.63, 3.8) is 0 Å². The molecule has 2 N–H and O–H groups in total. The van der Waals surface area contributed by atoms with Gasteiger partial charge in [-0.05, 0) is 52.7 Å². The number of para-hydroxylation sites is 2. The highest BCUT2D eigenvalue weighted by Crippen LogP contribution is 2.27. The van der Waals surface area contributed by atoms with E-state index in [0.717, 1.165) is 16.1 Å². The molecular weight excluding hydrogens is 506 g/mol. The number of carbonyl (C=O) groups is 2. The Bertz CT molecular complexity index is 1250. The van der Waals surface area contributed by atoms with Crippen molar-refractivity contribution in [3.05, 3.63) is 94.5 Å². The Kier molecular flexibility index (Phi) is 7.88. The highest BCUT2D eigenvalue weighted by molar-refractivity contribution is 9.10. The summed E-state index contributed by atoms with van der Waals surface area (Å²) >= 11 is 3.33. The molecule has 33 heavy (non-hydrogen) atoms. The number of rotatable bonds is 8. The first-order valence-corrected chi connectivity index (χ1v) is 12.8. The average molecular weight is 530 g/mol. The predicted octanol–water partition coefficient (Wildman–Crippen LogP) is 4.34. The van der Waals surface area contributed by atoms with Gasteiger partial charge in [0.2, 0.25) is 15.9 Å². The van der Waals surface area contributed by atoms with Crippen LogP contribution < -0.4 is 14.9 Å². The third-order valence-corrected chi connectivity index (χ3v) is 6.70. The first-order chi connectivity index (χ1) is 15.7. The molecule has 0 spiro atoms. The van der Waals surface area contributed by atoms with Crippen LogP contribution in [0.15, 0.2) is 83.3 Å². The van der Waals surface area contributed by atoms with Gasteiger partial charge in [0.1, 0.15) is 6.54 Å². The summed E-state index contributed by atoms with van der Waals surface area (Å²) in [7, 11) is -3.74. The van der Waals surface area contributed by atoms with E-state index in [1.54, 1.807) is 48.5 Å². The van der Waals surface area contributed by atoms with Crippen LogP contribution in [0, 0.1) is 0 Å². The summed E-state index contributed by atoms with van der Waals surface area (Å²) in [6, 6.07) is 22.6. The van der Waals surface area contributed by atoms with Crippen LogP contribution in [0.4, 0.5) is 11.4 Å². The number of carbonyl (C=O) groups excluding carboxylic acids is 2. The van der Waals surface area contributed by atoms with Gasteiger partial charge in [-0.3, -0.25) is 13.9 Å². The summed E-state index contributed by atoms with van der Waals surface area (Å²) < 4.78 is 26.3. The number of anilines is 2. The molecule has 0 saturated carbocycles. The number of hydrogen-bond donors (Lipinski definition) is 2. The van der Waals surface area contributed by atoms with Crippen molar-refractivity contribution >= 4 is 49.1 Å². The van der Waals surface area contributed by atoms with Crippen LogP contribution in [0.3, 0.4) is 0 Å². The Morgan fingerprint density at radius 3 is 2.21 bits per heavy atom. The average Bonchev–Trinajstić information content (AvgIpc) is 2.78. The van der Waals surface area contributed by atoms with E-state index in [0.29, 0.717) is 15.8 Å². The number of amides is 2. The minimum atomic E-state index is -3.74. The third-order valence-electron chi connectivity index (χ3n) is 4.90. The monoisotopic (exact) mass is 529 g/mol. The van der Waals surface area contributed by atoms with Crippen molar-refractivity contribution < 1.29 is 18.0 Å². The van der Waals surface area contributed by atoms with Gasteiger partial charge in [0.25, 0.3) is 5.91 Å². The molecule has 2 amide bonds. The quantitative estimate of drug-likeness (QED) is 0.453. The molecule has 0 bridgehead atoms. The number of nitrogens with zero attached hydrogens (tertiary/aromatic N) is 1. The molecule has 3 rings (SSSR count). The number of sulfonamides is 1. The molecule has 0 radical (unpaired) electrons. The lowest BCUT2D eigenvalue weighted by atomic mass is 10.1. The summed E-state index contributed by atoms with van der Waals surface area (Å²) in [4.78, 5) is 25.7. The third kappa shape index (κ3) is 6.43. The van der Waals surface area contributed by atoms with Crippen molar-refractivity contribution in [2.24, 2.45) is 0 Å². The molecule has 7 nitrogen and oxygen atoms in total. The zero-order valence-electron chi connectivity index (χ0n) is 18.2. The zero-order chi connectivity index (χ0) is 24.0. The van der Waals surface area contributed by atoms with Crippen LogP contribution in [0.25, 0.3) is 0 Å². The van der Waals surface area contributed by atoms with E-state index in [2.05, 4.69) is 26.6 Å². The Labute approximate surface area is 202 Å². The van der Waals surface area contributed by atoms with Crippen LogP contribution in [0.1, 0.15) is 28.9 Å². The van der Waals surface area contributed by atoms with Crippen LogP contribution in [-0.2, 0) is 14.8 Å². The van der Waals surface area contributed by atoms with Gasteiger partial charge in [0.05, 0.1) is 29.2 Å². The second-order valence-corrected chi connectivity index (χ2v) is 10.2. The molecule has 0 aliphatic rings. The molecule has 0 aliphatic heterocycles. The highest BCUT2D eigenvalue weighted by Gasteiger charge is 2.23. The standard InChI is InChI=1S/C24H24BrN3O4S/c1-17(18-10-4-3-5-11-18)26-24(30)19-12-6-8-14-21(19)27-23(29)16-28(33(2,31)32)22-15-9-7-13-20(22)25/h3-15,17H,16H2,1-2H3,(H,26,30)(H,27,29)/t17-/m0/s1. The molecule has 1 atom stereocenters. The fourth-order valence-electron chi connectivity index (χ4n) is 3.24. The Morgan fingerprint density at radius 2 is 1.55 bits per heavy atom. The van der Waals surface area contributed by atoms with E-state index < -0.39 is 22.5 Å². The second-order valence-electron chi connectivity index (χ2n) is 7.42. The highest BCUT2D eigenvalue weighted by atomic mass is 79.9. The van der Waals surface area contributed by atoms with Crippen LogP contribution in [0.2, 0.25) is 0 Å². The van der Waals surface area contributed by atoms with Crippen molar-refractivity contribution in [1.82, 2.24) is 5.32 Å². The normalized spacial score (nSPS) is 12.0. The Hall–Kier alpha value is -3.17. The van der Waals surface area contributed by atoms with Gasteiger partial charge < -0.3 is 10.6 Å². The molecule has 0 fully saturated rings. The molecular formula is C24H24BrN3O4S. The number of hydrogen-bond acceptors (Lipinski definition) is 4. The van der Waals surface area contributed by atoms with Crippen molar-refractivity contribution in [3.8, 4) is 0 Å². The first-order valence-electron chi connectivity index (χ1n) is 10.1. The molecule has 9 heteroatoms. The Morgan fingerprint density at radius 1 is 0.939 bits per heavy atom. The minimum Gasteiger partial charge on any atom is -0.345 e. The maximum absolute atomic E-state index is 12.9. The van der Waals surface area contributed by atoms with Gasteiger partial charge in [-0.15, -0.1) is 0 Å².